The molecule has 0 fully saturated rings. The normalized spacial score (nSPS) is 11.2. The van der Waals surface area contributed by atoms with E-state index in [9.17, 15) is 0 Å². The molecule has 1 rings (SSSR count). The first kappa shape index (κ1) is 13.7. The molecule has 0 atom stereocenters. The van der Waals surface area contributed by atoms with Crippen LogP contribution in [0.5, 0.6) is 0 Å². The number of aryl methyl sites for hydroxylation is 1. The number of nitrogens with zero attached hydrogens (tertiary/aromatic N) is 1. The molecular formula is C15H22N2. The van der Waals surface area contributed by atoms with E-state index in [0.29, 0.717) is 6.54 Å². The summed E-state index contributed by atoms with van der Waals surface area (Å²) < 4.78 is 0. The van der Waals surface area contributed by atoms with Gasteiger partial charge in [-0.2, -0.15) is 5.26 Å². The molecule has 1 aromatic rings. The van der Waals surface area contributed by atoms with Crippen molar-refractivity contribution in [2.45, 2.75) is 39.5 Å². The standard InChI is InChI=1S/C15H22N2/c1-12-11-14(15(2,3)4)6-5-13(12)7-9-17-10-8-16/h5-6,11,17H,7,9-10H2,1-4H3. The van der Waals surface area contributed by atoms with Crippen LogP contribution in [0.2, 0.25) is 0 Å². The number of nitriles is 1. The van der Waals surface area contributed by atoms with Crippen LogP contribution in [-0.2, 0) is 11.8 Å². The van der Waals surface area contributed by atoms with Crippen LogP contribution >= 0.6 is 0 Å². The van der Waals surface area contributed by atoms with Gasteiger partial charge in [-0.25, -0.2) is 0 Å². The van der Waals surface area contributed by atoms with Crippen molar-refractivity contribution in [3.63, 3.8) is 0 Å². The highest BCUT2D eigenvalue weighted by atomic mass is 14.8. The van der Waals surface area contributed by atoms with Gasteiger partial charge in [-0.05, 0) is 35.4 Å². The molecule has 0 bridgehead atoms. The highest BCUT2D eigenvalue weighted by Crippen LogP contribution is 2.24. The lowest BCUT2D eigenvalue weighted by atomic mass is 9.85. The Morgan fingerprint density at radius 3 is 2.53 bits per heavy atom. The number of hydrogen-bond acceptors (Lipinski definition) is 2. The fourth-order valence-corrected chi connectivity index (χ4v) is 1.81. The van der Waals surface area contributed by atoms with Crippen LogP contribution in [0, 0.1) is 18.3 Å². The highest BCUT2D eigenvalue weighted by molar-refractivity contribution is 5.34. The first-order chi connectivity index (χ1) is 7.95. The van der Waals surface area contributed by atoms with Gasteiger partial charge < -0.3 is 5.32 Å². The monoisotopic (exact) mass is 230 g/mol. The van der Waals surface area contributed by atoms with Crippen LogP contribution in [0.15, 0.2) is 18.2 Å². The molecule has 0 radical (unpaired) electrons. The van der Waals surface area contributed by atoms with Gasteiger partial charge in [0.05, 0.1) is 12.6 Å². The van der Waals surface area contributed by atoms with Crippen molar-refractivity contribution >= 4 is 0 Å². The smallest absolute Gasteiger partial charge is 0.0841 e. The average Bonchev–Trinajstić information content (AvgIpc) is 2.24. The Bertz CT molecular complexity index is 408. The topological polar surface area (TPSA) is 35.8 Å². The Morgan fingerprint density at radius 1 is 1.29 bits per heavy atom. The minimum absolute atomic E-state index is 0.211. The molecule has 0 spiro atoms. The van der Waals surface area contributed by atoms with Crippen molar-refractivity contribution in [2.24, 2.45) is 0 Å². The summed E-state index contributed by atoms with van der Waals surface area (Å²) in [7, 11) is 0. The average molecular weight is 230 g/mol. The maximum Gasteiger partial charge on any atom is 0.0841 e. The third kappa shape index (κ3) is 4.20. The minimum atomic E-state index is 0.211. The van der Waals surface area contributed by atoms with Crippen LogP contribution in [0.25, 0.3) is 0 Å². The zero-order valence-corrected chi connectivity index (χ0v) is 11.3. The molecule has 0 aliphatic rings. The number of nitrogens with one attached hydrogen (secondary N) is 1. The fourth-order valence-electron chi connectivity index (χ4n) is 1.81. The Balaban J connectivity index is 2.68. The van der Waals surface area contributed by atoms with E-state index in [1.807, 2.05) is 0 Å². The van der Waals surface area contributed by atoms with Crippen LogP contribution in [0.1, 0.15) is 37.5 Å². The van der Waals surface area contributed by atoms with Crippen molar-refractivity contribution in [3.8, 4) is 6.07 Å². The van der Waals surface area contributed by atoms with E-state index in [4.69, 9.17) is 5.26 Å². The van der Waals surface area contributed by atoms with Gasteiger partial charge in [-0.15, -0.1) is 0 Å². The summed E-state index contributed by atoms with van der Waals surface area (Å²) in [6.07, 6.45) is 0.984. The van der Waals surface area contributed by atoms with Gasteiger partial charge in [0, 0.05) is 6.54 Å². The third-order valence-corrected chi connectivity index (χ3v) is 2.98. The molecular weight excluding hydrogens is 208 g/mol. The molecule has 1 aromatic carbocycles. The van der Waals surface area contributed by atoms with Gasteiger partial charge in [0.1, 0.15) is 0 Å². The SMILES string of the molecule is Cc1cc(C(C)(C)C)ccc1CCNCC#N. The van der Waals surface area contributed by atoms with Gasteiger partial charge in [-0.3, -0.25) is 0 Å². The summed E-state index contributed by atoms with van der Waals surface area (Å²) in [6.45, 7) is 10.2. The molecule has 0 aliphatic heterocycles. The summed E-state index contributed by atoms with van der Waals surface area (Å²) in [4.78, 5) is 0. The second kappa shape index (κ2) is 5.84. The quantitative estimate of drug-likeness (QED) is 0.637. The molecule has 0 heterocycles. The van der Waals surface area contributed by atoms with Gasteiger partial charge in [-0.1, -0.05) is 39.0 Å². The van der Waals surface area contributed by atoms with E-state index in [2.05, 4.69) is 57.3 Å². The molecule has 92 valence electrons. The third-order valence-electron chi connectivity index (χ3n) is 2.98. The zero-order chi connectivity index (χ0) is 12.9. The van der Waals surface area contributed by atoms with Crippen LogP contribution in [-0.4, -0.2) is 13.1 Å². The largest absolute Gasteiger partial charge is 0.304 e. The van der Waals surface area contributed by atoms with Crippen LogP contribution in [0.4, 0.5) is 0 Å². The maximum absolute atomic E-state index is 8.43. The van der Waals surface area contributed by atoms with Crippen molar-refractivity contribution in [1.29, 1.82) is 5.26 Å². The zero-order valence-electron chi connectivity index (χ0n) is 11.3. The molecule has 1 N–H and O–H groups in total. The minimum Gasteiger partial charge on any atom is -0.304 e. The Labute approximate surface area is 105 Å². The summed E-state index contributed by atoms with van der Waals surface area (Å²) in [6, 6.07) is 8.79. The molecule has 2 nitrogen and oxygen atoms in total. The summed E-state index contributed by atoms with van der Waals surface area (Å²) >= 11 is 0. The van der Waals surface area contributed by atoms with Gasteiger partial charge in [0.2, 0.25) is 0 Å². The Hall–Kier alpha value is -1.33. The first-order valence-corrected chi connectivity index (χ1v) is 6.13. The van der Waals surface area contributed by atoms with E-state index < -0.39 is 0 Å². The van der Waals surface area contributed by atoms with Crippen molar-refractivity contribution in [2.75, 3.05) is 13.1 Å². The Kier molecular flexibility index (Phi) is 4.72. The lowest BCUT2D eigenvalue weighted by Gasteiger charge is -2.20. The van der Waals surface area contributed by atoms with Crippen LogP contribution in [0.3, 0.4) is 0 Å². The molecule has 17 heavy (non-hydrogen) atoms. The van der Waals surface area contributed by atoms with E-state index in [0.717, 1.165) is 13.0 Å². The molecule has 0 amide bonds. The molecule has 2 heteroatoms. The van der Waals surface area contributed by atoms with Gasteiger partial charge in [0.15, 0.2) is 0 Å². The second-order valence-electron chi connectivity index (χ2n) is 5.48. The van der Waals surface area contributed by atoms with E-state index in [-0.39, 0.29) is 5.41 Å². The summed E-state index contributed by atoms with van der Waals surface area (Å²) in [5.41, 5.74) is 4.30. The predicted octanol–water partition coefficient (Wildman–Crippen LogP) is 2.95. The number of benzene rings is 1. The molecule has 0 aromatic heterocycles. The molecule has 0 saturated carbocycles. The summed E-state index contributed by atoms with van der Waals surface area (Å²) in [5, 5.41) is 11.5. The first-order valence-electron chi connectivity index (χ1n) is 6.13. The van der Waals surface area contributed by atoms with Crippen LogP contribution < -0.4 is 5.32 Å². The predicted molar refractivity (Wildman–Crippen MR) is 72.1 cm³/mol. The lowest BCUT2D eigenvalue weighted by Crippen LogP contribution is -2.18. The van der Waals surface area contributed by atoms with E-state index in [1.54, 1.807) is 0 Å². The second-order valence-corrected chi connectivity index (χ2v) is 5.48. The lowest BCUT2D eigenvalue weighted by molar-refractivity contribution is 0.589. The van der Waals surface area contributed by atoms with E-state index >= 15 is 0 Å². The molecule has 0 aliphatic carbocycles. The van der Waals surface area contributed by atoms with Crippen molar-refractivity contribution < 1.29 is 0 Å². The van der Waals surface area contributed by atoms with E-state index in [1.165, 1.54) is 16.7 Å². The molecule has 0 unspecified atom stereocenters. The fraction of sp³-hybridized carbons (Fsp3) is 0.533. The Morgan fingerprint density at radius 2 is 2.00 bits per heavy atom. The molecule has 0 saturated heterocycles. The van der Waals surface area contributed by atoms with Crippen molar-refractivity contribution in [3.05, 3.63) is 34.9 Å². The summed E-state index contributed by atoms with van der Waals surface area (Å²) in [5.74, 6) is 0. The van der Waals surface area contributed by atoms with Gasteiger partial charge in [0.25, 0.3) is 0 Å². The maximum atomic E-state index is 8.43. The highest BCUT2D eigenvalue weighted by Gasteiger charge is 2.14. The van der Waals surface area contributed by atoms with Gasteiger partial charge >= 0.3 is 0 Å². The number of rotatable bonds is 4. The number of hydrogen-bond donors (Lipinski definition) is 1. The van der Waals surface area contributed by atoms with Crippen molar-refractivity contribution in [1.82, 2.24) is 5.32 Å².